The summed E-state index contributed by atoms with van der Waals surface area (Å²) in [5.41, 5.74) is 8.18. The fourth-order valence-corrected chi connectivity index (χ4v) is 2.65. The number of carbonyl (C=O) groups is 1. The molecule has 0 saturated heterocycles. The van der Waals surface area contributed by atoms with Crippen molar-refractivity contribution in [2.24, 2.45) is 5.73 Å². The molecule has 132 valence electrons. The van der Waals surface area contributed by atoms with Crippen LogP contribution in [0.4, 0.5) is 5.69 Å². The van der Waals surface area contributed by atoms with Gasteiger partial charge in [0.2, 0.25) is 5.91 Å². The van der Waals surface area contributed by atoms with Gasteiger partial charge in [-0.3, -0.25) is 4.79 Å². The number of hydrogen-bond donors (Lipinski definition) is 2. The third-order valence-electron chi connectivity index (χ3n) is 3.90. The lowest BCUT2D eigenvalue weighted by molar-refractivity contribution is -0.118. The van der Waals surface area contributed by atoms with Gasteiger partial charge in [-0.05, 0) is 47.5 Å². The summed E-state index contributed by atoms with van der Waals surface area (Å²) in [5.74, 6) is 0.269. The van der Waals surface area contributed by atoms with Gasteiger partial charge in [-0.2, -0.15) is 0 Å². The summed E-state index contributed by atoms with van der Waals surface area (Å²) in [5, 5.41) is 3.76. The molecule has 3 N–H and O–H groups in total. The summed E-state index contributed by atoms with van der Waals surface area (Å²) in [6, 6.07) is 23.7. The van der Waals surface area contributed by atoms with Crippen LogP contribution in [0.15, 0.2) is 78.9 Å². The van der Waals surface area contributed by atoms with Crippen LogP contribution in [0.5, 0.6) is 5.75 Å². The number of halogens is 1. The molecule has 0 aliphatic carbocycles. The van der Waals surface area contributed by atoms with Gasteiger partial charge in [0, 0.05) is 10.7 Å². The number of nitrogens with two attached hydrogens (primary N) is 1. The lowest BCUT2D eigenvalue weighted by Gasteiger charge is -2.17. The zero-order valence-corrected chi connectivity index (χ0v) is 14.8. The Morgan fingerprint density at radius 3 is 2.23 bits per heavy atom. The number of benzene rings is 3. The van der Waals surface area contributed by atoms with Crippen LogP contribution in [0.1, 0.15) is 17.2 Å². The smallest absolute Gasteiger partial charge is 0.244 e. The molecule has 0 heterocycles. The van der Waals surface area contributed by atoms with Gasteiger partial charge in [0.1, 0.15) is 18.4 Å². The monoisotopic (exact) mass is 366 g/mol. The molecule has 1 amide bonds. The summed E-state index contributed by atoms with van der Waals surface area (Å²) in [6.07, 6.45) is 0. The molecule has 5 heteroatoms. The Morgan fingerprint density at radius 2 is 1.62 bits per heavy atom. The first kappa shape index (κ1) is 17.8. The van der Waals surface area contributed by atoms with Gasteiger partial charge in [-0.25, -0.2) is 0 Å². The van der Waals surface area contributed by atoms with Crippen LogP contribution in [0.25, 0.3) is 0 Å². The number of carbonyl (C=O) groups excluding carboxylic acids is 1. The maximum atomic E-state index is 11.9. The van der Waals surface area contributed by atoms with Gasteiger partial charge >= 0.3 is 0 Å². The van der Waals surface area contributed by atoms with Gasteiger partial charge in [0.05, 0.1) is 0 Å². The molecule has 3 aromatic carbocycles. The largest absolute Gasteiger partial charge is 0.489 e. The maximum Gasteiger partial charge on any atom is 0.244 e. The van der Waals surface area contributed by atoms with Crippen molar-refractivity contribution >= 4 is 23.2 Å². The molecule has 1 unspecified atom stereocenters. The highest BCUT2D eigenvalue weighted by Gasteiger charge is 2.17. The van der Waals surface area contributed by atoms with E-state index in [1.807, 2.05) is 54.6 Å². The van der Waals surface area contributed by atoms with E-state index in [1.165, 1.54) is 0 Å². The molecule has 1 atom stereocenters. The molecule has 3 aromatic rings. The lowest BCUT2D eigenvalue weighted by atomic mass is 10.1. The summed E-state index contributed by atoms with van der Waals surface area (Å²) in [4.78, 5) is 11.9. The fourth-order valence-electron chi connectivity index (χ4n) is 2.53. The minimum Gasteiger partial charge on any atom is -0.489 e. The van der Waals surface area contributed by atoms with Crippen molar-refractivity contribution < 1.29 is 9.53 Å². The molecule has 0 bridgehead atoms. The third kappa shape index (κ3) is 4.77. The van der Waals surface area contributed by atoms with Crippen LogP contribution in [0.2, 0.25) is 5.02 Å². The van der Waals surface area contributed by atoms with Crippen LogP contribution in [-0.4, -0.2) is 5.91 Å². The molecular weight excluding hydrogens is 348 g/mol. The Bertz CT molecular complexity index is 849. The van der Waals surface area contributed by atoms with E-state index in [0.29, 0.717) is 11.6 Å². The number of ether oxygens (including phenoxy) is 1. The van der Waals surface area contributed by atoms with Crippen molar-refractivity contribution in [2.45, 2.75) is 12.6 Å². The van der Waals surface area contributed by atoms with E-state index in [0.717, 1.165) is 22.6 Å². The summed E-state index contributed by atoms with van der Waals surface area (Å²) in [7, 11) is 0. The summed E-state index contributed by atoms with van der Waals surface area (Å²) in [6.45, 7) is 0.489. The zero-order valence-electron chi connectivity index (χ0n) is 14.1. The first-order valence-electron chi connectivity index (χ1n) is 8.20. The quantitative estimate of drug-likeness (QED) is 0.644. The van der Waals surface area contributed by atoms with Gasteiger partial charge in [-0.15, -0.1) is 0 Å². The van der Waals surface area contributed by atoms with Crippen molar-refractivity contribution in [3.8, 4) is 5.75 Å². The second-order valence-corrected chi connectivity index (χ2v) is 6.27. The summed E-state index contributed by atoms with van der Waals surface area (Å²) >= 11 is 5.89. The number of rotatable bonds is 7. The van der Waals surface area contributed by atoms with Crippen molar-refractivity contribution in [1.82, 2.24) is 0 Å². The number of hydrogen-bond acceptors (Lipinski definition) is 3. The van der Waals surface area contributed by atoms with Crippen molar-refractivity contribution in [3.63, 3.8) is 0 Å². The van der Waals surface area contributed by atoms with Gasteiger partial charge in [-0.1, -0.05) is 54.1 Å². The highest BCUT2D eigenvalue weighted by Crippen LogP contribution is 2.23. The molecule has 0 saturated carbocycles. The first-order chi connectivity index (χ1) is 12.6. The van der Waals surface area contributed by atoms with E-state index in [4.69, 9.17) is 22.1 Å². The first-order valence-corrected chi connectivity index (χ1v) is 8.58. The second kappa shape index (κ2) is 8.41. The molecule has 0 fully saturated rings. The average molecular weight is 367 g/mol. The Hall–Kier alpha value is -2.98. The SMILES string of the molecule is NC(=O)C(Nc1ccc(Cl)cc1)c1ccc(OCc2ccccc2)cc1. The molecule has 0 aromatic heterocycles. The molecule has 0 radical (unpaired) electrons. The Kier molecular flexibility index (Phi) is 5.77. The molecule has 0 spiro atoms. The highest BCUT2D eigenvalue weighted by molar-refractivity contribution is 6.30. The molecule has 3 rings (SSSR count). The Labute approximate surface area is 157 Å². The average Bonchev–Trinajstić information content (AvgIpc) is 2.67. The van der Waals surface area contributed by atoms with E-state index in [-0.39, 0.29) is 0 Å². The molecule has 26 heavy (non-hydrogen) atoms. The fraction of sp³-hybridized carbons (Fsp3) is 0.0952. The third-order valence-corrected chi connectivity index (χ3v) is 4.15. The van der Waals surface area contributed by atoms with Crippen LogP contribution < -0.4 is 15.8 Å². The van der Waals surface area contributed by atoms with Crippen molar-refractivity contribution in [1.29, 1.82) is 0 Å². The maximum absolute atomic E-state index is 11.9. The van der Waals surface area contributed by atoms with E-state index >= 15 is 0 Å². The Balaban J connectivity index is 1.68. The van der Waals surface area contributed by atoms with Crippen LogP contribution in [0, 0.1) is 0 Å². The number of amides is 1. The van der Waals surface area contributed by atoms with Gasteiger partial charge < -0.3 is 15.8 Å². The second-order valence-electron chi connectivity index (χ2n) is 5.83. The standard InChI is InChI=1S/C21H19ClN2O2/c22-17-8-10-18(11-9-17)24-20(21(23)25)16-6-12-19(13-7-16)26-14-15-4-2-1-3-5-15/h1-13,20,24H,14H2,(H2,23,25). The predicted molar refractivity (Wildman–Crippen MR) is 104 cm³/mol. The normalized spacial score (nSPS) is 11.6. The zero-order chi connectivity index (χ0) is 18.4. The lowest BCUT2D eigenvalue weighted by Crippen LogP contribution is -2.27. The Morgan fingerprint density at radius 1 is 0.962 bits per heavy atom. The van der Waals surface area contributed by atoms with Crippen molar-refractivity contribution in [2.75, 3.05) is 5.32 Å². The summed E-state index contributed by atoms with van der Waals surface area (Å²) < 4.78 is 5.77. The van der Waals surface area contributed by atoms with Crippen LogP contribution >= 0.6 is 11.6 Å². The molecule has 4 nitrogen and oxygen atoms in total. The topological polar surface area (TPSA) is 64.4 Å². The van der Waals surface area contributed by atoms with Gasteiger partial charge in [0.15, 0.2) is 0 Å². The van der Waals surface area contributed by atoms with Gasteiger partial charge in [0.25, 0.3) is 0 Å². The molecule has 0 aliphatic rings. The van der Waals surface area contributed by atoms with Crippen molar-refractivity contribution in [3.05, 3.63) is 95.0 Å². The van der Waals surface area contributed by atoms with Crippen LogP contribution in [0.3, 0.4) is 0 Å². The van der Waals surface area contributed by atoms with E-state index in [1.54, 1.807) is 24.3 Å². The van der Waals surface area contributed by atoms with E-state index < -0.39 is 11.9 Å². The minimum absolute atomic E-state index is 0.460. The number of nitrogens with one attached hydrogen (secondary N) is 1. The minimum atomic E-state index is -0.639. The van der Waals surface area contributed by atoms with E-state index in [9.17, 15) is 4.79 Å². The predicted octanol–water partition coefficient (Wildman–Crippen LogP) is 4.56. The molecule has 0 aliphatic heterocycles. The highest BCUT2D eigenvalue weighted by atomic mass is 35.5. The van der Waals surface area contributed by atoms with Crippen LogP contribution in [-0.2, 0) is 11.4 Å². The number of anilines is 1. The number of primary amides is 1. The molecular formula is C21H19ClN2O2. The van der Waals surface area contributed by atoms with E-state index in [2.05, 4.69) is 5.32 Å².